The van der Waals surface area contributed by atoms with Crippen molar-refractivity contribution in [1.29, 1.82) is 0 Å². The molecule has 38 heavy (non-hydrogen) atoms. The number of rotatable bonds is 9. The van der Waals surface area contributed by atoms with Crippen LogP contribution in [-0.4, -0.2) is 35.5 Å². The molecule has 196 valence electrons. The Bertz CT molecular complexity index is 1590. The number of aryl methyl sites for hydroxylation is 1. The Labute approximate surface area is 234 Å². The van der Waals surface area contributed by atoms with Crippen LogP contribution in [0.3, 0.4) is 0 Å². The lowest BCUT2D eigenvalue weighted by Crippen LogP contribution is -2.23. The highest BCUT2D eigenvalue weighted by Gasteiger charge is 2.15. The molecule has 0 fully saturated rings. The monoisotopic (exact) mass is 644 g/mol. The number of nitrogens with one attached hydrogen (secondary N) is 1. The second-order valence-corrected chi connectivity index (χ2v) is 10.0. The highest BCUT2D eigenvalue weighted by Crippen LogP contribution is 2.34. The van der Waals surface area contributed by atoms with E-state index in [0.29, 0.717) is 44.6 Å². The minimum Gasteiger partial charge on any atom is -0.493 e. The Kier molecular flexibility index (Phi) is 8.90. The van der Waals surface area contributed by atoms with Crippen molar-refractivity contribution in [3.8, 4) is 11.5 Å². The maximum absolute atomic E-state index is 13.4. The summed E-state index contributed by atoms with van der Waals surface area (Å²) >= 11 is 6.84. The van der Waals surface area contributed by atoms with E-state index in [9.17, 15) is 14.0 Å². The average Bonchev–Trinajstić information content (AvgIpc) is 2.88. The quantitative estimate of drug-likeness (QED) is 0.228. The molecule has 8 nitrogen and oxygen atoms in total. The van der Waals surface area contributed by atoms with Crippen molar-refractivity contribution in [2.45, 2.75) is 19.8 Å². The van der Waals surface area contributed by atoms with Crippen molar-refractivity contribution < 1.29 is 18.7 Å². The first-order valence-corrected chi connectivity index (χ1v) is 13.2. The summed E-state index contributed by atoms with van der Waals surface area (Å²) in [4.78, 5) is 30.4. The minimum absolute atomic E-state index is 0.246. The van der Waals surface area contributed by atoms with Gasteiger partial charge in [0.15, 0.2) is 18.1 Å². The Morgan fingerprint density at radius 3 is 2.71 bits per heavy atom. The molecule has 0 atom stereocenters. The molecule has 0 aliphatic heterocycles. The van der Waals surface area contributed by atoms with Crippen molar-refractivity contribution in [2.75, 3.05) is 19.0 Å². The number of hydrogen-bond acceptors (Lipinski definition) is 6. The van der Waals surface area contributed by atoms with Gasteiger partial charge in [0.25, 0.3) is 11.5 Å². The molecule has 4 aromatic rings. The van der Waals surface area contributed by atoms with Gasteiger partial charge in [-0.05, 0) is 55.0 Å². The number of amides is 1. The van der Waals surface area contributed by atoms with Gasteiger partial charge in [0.2, 0.25) is 0 Å². The number of anilines is 1. The van der Waals surface area contributed by atoms with E-state index >= 15 is 0 Å². The molecular weight excluding hydrogens is 623 g/mol. The fourth-order valence-electron chi connectivity index (χ4n) is 3.71. The molecule has 0 saturated heterocycles. The van der Waals surface area contributed by atoms with Crippen LogP contribution in [0, 0.1) is 5.82 Å². The van der Waals surface area contributed by atoms with Crippen molar-refractivity contribution in [3.05, 3.63) is 91.1 Å². The molecule has 1 amide bonds. The predicted molar refractivity (Wildman–Crippen MR) is 152 cm³/mol. The molecule has 0 unspecified atom stereocenters. The van der Waals surface area contributed by atoms with Gasteiger partial charge in [0, 0.05) is 26.6 Å². The molecule has 1 N–H and O–H groups in total. The number of methoxy groups -OCH3 is 1. The van der Waals surface area contributed by atoms with Crippen molar-refractivity contribution in [3.63, 3.8) is 0 Å². The summed E-state index contributed by atoms with van der Waals surface area (Å²) < 4.78 is 27.4. The van der Waals surface area contributed by atoms with Crippen LogP contribution < -0.4 is 20.3 Å². The summed E-state index contributed by atoms with van der Waals surface area (Å²) in [7, 11) is 1.47. The average molecular weight is 646 g/mol. The van der Waals surface area contributed by atoms with Crippen LogP contribution in [0.15, 0.2) is 73.4 Å². The predicted octanol–water partition coefficient (Wildman–Crippen LogP) is 5.92. The zero-order valence-corrected chi connectivity index (χ0v) is 23.7. The summed E-state index contributed by atoms with van der Waals surface area (Å²) in [6, 6.07) is 14.3. The third-order valence-electron chi connectivity index (χ3n) is 5.39. The molecule has 11 heteroatoms. The Morgan fingerprint density at radius 1 is 1.16 bits per heavy atom. The molecule has 0 saturated carbocycles. The maximum atomic E-state index is 13.4. The van der Waals surface area contributed by atoms with Gasteiger partial charge in [-0.15, -0.1) is 0 Å². The van der Waals surface area contributed by atoms with Gasteiger partial charge in [-0.1, -0.05) is 44.8 Å². The van der Waals surface area contributed by atoms with Crippen LogP contribution in [0.2, 0.25) is 0 Å². The number of halogens is 3. The van der Waals surface area contributed by atoms with Gasteiger partial charge in [-0.3, -0.25) is 9.59 Å². The van der Waals surface area contributed by atoms with E-state index in [-0.39, 0.29) is 17.9 Å². The van der Waals surface area contributed by atoms with E-state index < -0.39 is 11.7 Å². The number of nitrogens with zero attached hydrogens (tertiary/aromatic N) is 3. The first kappa shape index (κ1) is 27.5. The zero-order chi connectivity index (χ0) is 27.2. The highest BCUT2D eigenvalue weighted by atomic mass is 79.9. The second-order valence-electron chi connectivity index (χ2n) is 8.17. The summed E-state index contributed by atoms with van der Waals surface area (Å²) in [6.45, 7) is 1.62. The largest absolute Gasteiger partial charge is 0.493 e. The normalized spacial score (nSPS) is 11.2. The molecule has 0 aliphatic carbocycles. The van der Waals surface area contributed by atoms with Gasteiger partial charge in [0.05, 0.1) is 24.2 Å². The second kappa shape index (κ2) is 12.3. The zero-order valence-electron chi connectivity index (χ0n) is 20.5. The Hall–Kier alpha value is -3.57. The fraction of sp³-hybridized carbons (Fsp3) is 0.185. The van der Waals surface area contributed by atoms with Crippen molar-refractivity contribution in [2.24, 2.45) is 5.10 Å². The molecule has 0 aliphatic rings. The van der Waals surface area contributed by atoms with E-state index in [1.54, 1.807) is 30.3 Å². The van der Waals surface area contributed by atoms with E-state index in [4.69, 9.17) is 9.47 Å². The van der Waals surface area contributed by atoms with Gasteiger partial charge >= 0.3 is 0 Å². The number of ether oxygens (including phenoxy) is 2. The number of aromatic nitrogens is 2. The van der Waals surface area contributed by atoms with Gasteiger partial charge < -0.3 is 14.8 Å². The lowest BCUT2D eigenvalue weighted by atomic mass is 10.2. The van der Waals surface area contributed by atoms with Gasteiger partial charge in [0.1, 0.15) is 11.6 Å². The topological polar surface area (TPSA) is 94.8 Å². The number of fused-ring (bicyclic) bond motifs is 1. The van der Waals surface area contributed by atoms with Crippen molar-refractivity contribution in [1.82, 2.24) is 9.66 Å². The molecule has 0 radical (unpaired) electrons. The molecule has 3 aromatic carbocycles. The lowest BCUT2D eigenvalue weighted by molar-refractivity contribution is -0.118. The Balaban J connectivity index is 1.68. The Morgan fingerprint density at radius 2 is 1.97 bits per heavy atom. The van der Waals surface area contributed by atoms with Crippen LogP contribution in [-0.2, 0) is 11.2 Å². The highest BCUT2D eigenvalue weighted by molar-refractivity contribution is 9.10. The fourth-order valence-corrected chi connectivity index (χ4v) is 4.53. The number of carbonyl (C=O) groups excluding carboxylic acids is 1. The smallest absolute Gasteiger partial charge is 0.282 e. The molecule has 1 heterocycles. The summed E-state index contributed by atoms with van der Waals surface area (Å²) in [5.41, 5.74) is 1.04. The first-order valence-electron chi connectivity index (χ1n) is 11.6. The van der Waals surface area contributed by atoms with Crippen LogP contribution in [0.1, 0.15) is 24.7 Å². The minimum atomic E-state index is -0.491. The molecule has 0 bridgehead atoms. The van der Waals surface area contributed by atoms with E-state index in [2.05, 4.69) is 47.3 Å². The first-order chi connectivity index (χ1) is 18.3. The molecule has 4 rings (SSSR count). The SMILES string of the molecule is CCCc1nc2ccc(Br)cc2c(=O)n1N=Cc1cc(Br)cc(OC)c1OCC(=O)Nc1cccc(F)c1. The van der Waals surface area contributed by atoms with Crippen LogP contribution in [0.5, 0.6) is 11.5 Å². The number of carbonyl (C=O) groups is 1. The standard InChI is InChI=1S/C27H23Br2FN4O4/c1-3-5-24-33-22-9-8-17(28)11-21(22)27(36)34(24)31-14-16-10-18(29)12-23(37-2)26(16)38-15-25(35)32-20-7-4-6-19(30)13-20/h4,6-14H,3,5,15H2,1-2H3,(H,32,35). The summed E-state index contributed by atoms with van der Waals surface area (Å²) in [5.74, 6) is 0.151. The third kappa shape index (κ3) is 6.46. The molecular formula is C27H23Br2FN4O4. The lowest BCUT2D eigenvalue weighted by Gasteiger charge is -2.14. The summed E-state index contributed by atoms with van der Waals surface area (Å²) in [5, 5.41) is 7.47. The molecule has 1 aromatic heterocycles. The van der Waals surface area contributed by atoms with Gasteiger partial charge in [-0.25, -0.2) is 9.37 Å². The van der Waals surface area contributed by atoms with Crippen LogP contribution in [0.4, 0.5) is 10.1 Å². The third-order valence-corrected chi connectivity index (χ3v) is 6.34. The summed E-state index contributed by atoms with van der Waals surface area (Å²) in [6.07, 6.45) is 2.77. The number of benzene rings is 3. The van der Waals surface area contributed by atoms with Crippen LogP contribution >= 0.6 is 31.9 Å². The number of hydrogen-bond donors (Lipinski definition) is 1. The van der Waals surface area contributed by atoms with E-state index in [1.807, 2.05) is 13.0 Å². The van der Waals surface area contributed by atoms with E-state index in [0.717, 1.165) is 10.9 Å². The maximum Gasteiger partial charge on any atom is 0.282 e. The van der Waals surface area contributed by atoms with Crippen molar-refractivity contribution >= 4 is 60.6 Å². The van der Waals surface area contributed by atoms with Crippen LogP contribution in [0.25, 0.3) is 10.9 Å². The van der Waals surface area contributed by atoms with E-state index in [1.165, 1.54) is 36.2 Å². The van der Waals surface area contributed by atoms with Gasteiger partial charge in [-0.2, -0.15) is 9.78 Å². The molecule has 0 spiro atoms.